The van der Waals surface area contributed by atoms with E-state index in [1.165, 1.54) is 32.4 Å². The van der Waals surface area contributed by atoms with Gasteiger partial charge < -0.3 is 4.90 Å². The zero-order valence-electron chi connectivity index (χ0n) is 6.56. The zero-order chi connectivity index (χ0) is 6.69. The first-order chi connectivity index (χ1) is 4.29. The second-order valence-electron chi connectivity index (χ2n) is 3.34. The molecule has 1 nitrogen and oxygen atoms in total. The van der Waals surface area contributed by atoms with Crippen LogP contribution in [0.15, 0.2) is 0 Å². The predicted octanol–water partition coefficient (Wildman–Crippen LogP) is 1.74. The molecule has 54 valence electrons. The molecule has 0 aromatic heterocycles. The molecule has 1 rings (SSSR count). The van der Waals surface area contributed by atoms with Gasteiger partial charge in [-0.05, 0) is 45.3 Å². The van der Waals surface area contributed by atoms with Gasteiger partial charge in [-0.15, -0.1) is 0 Å². The molecule has 1 unspecified atom stereocenters. The molecule has 0 spiro atoms. The fraction of sp³-hybridized carbons (Fsp3) is 1.00. The Balaban J connectivity index is 2.25. The highest BCUT2D eigenvalue weighted by atomic mass is 15.1. The lowest BCUT2D eigenvalue weighted by molar-refractivity contribution is 0.344. The van der Waals surface area contributed by atoms with Crippen LogP contribution in [0.25, 0.3) is 0 Å². The Morgan fingerprint density at radius 2 is 2.00 bits per heavy atom. The van der Waals surface area contributed by atoms with Crippen LogP contribution in [0.5, 0.6) is 0 Å². The minimum Gasteiger partial charge on any atom is -0.306 e. The summed E-state index contributed by atoms with van der Waals surface area (Å²) in [5.41, 5.74) is 0. The zero-order valence-corrected chi connectivity index (χ0v) is 6.56. The number of hydrogen-bond donors (Lipinski definition) is 0. The molecule has 9 heavy (non-hydrogen) atoms. The average molecular weight is 127 g/mol. The molecule has 0 radical (unpaired) electrons. The van der Waals surface area contributed by atoms with Crippen molar-refractivity contribution in [2.24, 2.45) is 5.92 Å². The minimum atomic E-state index is 0.968. The first kappa shape index (κ1) is 7.07. The second kappa shape index (κ2) is 3.21. The van der Waals surface area contributed by atoms with E-state index in [2.05, 4.69) is 18.9 Å². The Hall–Kier alpha value is -0.0400. The summed E-state index contributed by atoms with van der Waals surface area (Å²) in [6.45, 7) is 4.98. The van der Waals surface area contributed by atoms with E-state index in [0.29, 0.717) is 0 Å². The molecular formula is C8H17N. The number of nitrogens with zero attached hydrogens (tertiary/aromatic N) is 1. The molecule has 0 bridgehead atoms. The van der Waals surface area contributed by atoms with Crippen molar-refractivity contribution in [1.29, 1.82) is 0 Å². The van der Waals surface area contributed by atoms with Crippen molar-refractivity contribution in [1.82, 2.24) is 4.90 Å². The van der Waals surface area contributed by atoms with E-state index >= 15 is 0 Å². The van der Waals surface area contributed by atoms with Crippen LogP contribution in [0.2, 0.25) is 0 Å². The van der Waals surface area contributed by atoms with Crippen LogP contribution in [0.3, 0.4) is 0 Å². The van der Waals surface area contributed by atoms with E-state index in [9.17, 15) is 0 Å². The van der Waals surface area contributed by atoms with Gasteiger partial charge in [-0.25, -0.2) is 0 Å². The summed E-state index contributed by atoms with van der Waals surface area (Å²) in [5, 5.41) is 0. The van der Waals surface area contributed by atoms with Crippen molar-refractivity contribution >= 4 is 0 Å². The Labute approximate surface area is 58.0 Å². The Morgan fingerprint density at radius 3 is 2.78 bits per heavy atom. The van der Waals surface area contributed by atoms with Gasteiger partial charge in [0.1, 0.15) is 0 Å². The lowest BCUT2D eigenvalue weighted by Gasteiger charge is -2.11. The fourth-order valence-electron chi connectivity index (χ4n) is 1.41. The van der Waals surface area contributed by atoms with E-state index < -0.39 is 0 Å². The van der Waals surface area contributed by atoms with Gasteiger partial charge in [-0.3, -0.25) is 0 Å². The first-order valence-corrected chi connectivity index (χ1v) is 3.97. The minimum absolute atomic E-state index is 0.968. The summed E-state index contributed by atoms with van der Waals surface area (Å²) in [4.78, 5) is 2.43. The van der Waals surface area contributed by atoms with Gasteiger partial charge in [0.15, 0.2) is 0 Å². The summed E-state index contributed by atoms with van der Waals surface area (Å²) in [7, 11) is 2.22. The van der Waals surface area contributed by atoms with Crippen LogP contribution < -0.4 is 0 Å². The monoisotopic (exact) mass is 127 g/mol. The van der Waals surface area contributed by atoms with Crippen molar-refractivity contribution in [3.05, 3.63) is 0 Å². The molecule has 0 N–H and O–H groups in total. The van der Waals surface area contributed by atoms with Gasteiger partial charge >= 0.3 is 0 Å². The number of likely N-dealkylation sites (tertiary alicyclic amines) is 1. The maximum Gasteiger partial charge on any atom is -0.00192 e. The van der Waals surface area contributed by atoms with Gasteiger partial charge in [-0.1, -0.05) is 6.92 Å². The third-order valence-electron chi connectivity index (χ3n) is 2.24. The summed E-state index contributed by atoms with van der Waals surface area (Å²) < 4.78 is 0. The average Bonchev–Trinajstić information content (AvgIpc) is 1.97. The number of hydrogen-bond acceptors (Lipinski definition) is 1. The Morgan fingerprint density at radius 1 is 1.22 bits per heavy atom. The lowest BCUT2D eigenvalue weighted by atomic mass is 10.0. The SMILES string of the molecule is CC1CCCN(C)CC1. The maximum absolute atomic E-state index is 2.43. The van der Waals surface area contributed by atoms with Crippen LogP contribution in [0, 0.1) is 5.92 Å². The van der Waals surface area contributed by atoms with Gasteiger partial charge in [0, 0.05) is 0 Å². The van der Waals surface area contributed by atoms with Gasteiger partial charge in [-0.2, -0.15) is 0 Å². The molecule has 1 aliphatic heterocycles. The number of rotatable bonds is 0. The molecule has 1 heteroatoms. The van der Waals surface area contributed by atoms with E-state index in [1.54, 1.807) is 0 Å². The lowest BCUT2D eigenvalue weighted by Crippen LogP contribution is -2.18. The molecule has 1 atom stereocenters. The molecule has 1 fully saturated rings. The summed E-state index contributed by atoms with van der Waals surface area (Å²) in [5.74, 6) is 0.968. The van der Waals surface area contributed by atoms with Crippen LogP contribution in [0.1, 0.15) is 26.2 Å². The standard InChI is InChI=1S/C8H17N/c1-8-4-3-6-9(2)7-5-8/h8H,3-7H2,1-2H3. The van der Waals surface area contributed by atoms with Crippen molar-refractivity contribution in [3.8, 4) is 0 Å². The van der Waals surface area contributed by atoms with E-state index in [1.807, 2.05) is 0 Å². The molecule has 1 heterocycles. The molecular weight excluding hydrogens is 110 g/mol. The van der Waals surface area contributed by atoms with Crippen molar-refractivity contribution in [2.75, 3.05) is 20.1 Å². The Bertz CT molecular complexity index is 70.6. The third kappa shape index (κ3) is 2.35. The molecule has 0 saturated carbocycles. The quantitative estimate of drug-likeness (QED) is 0.479. The highest BCUT2D eigenvalue weighted by molar-refractivity contribution is 4.63. The largest absolute Gasteiger partial charge is 0.306 e. The van der Waals surface area contributed by atoms with Crippen molar-refractivity contribution < 1.29 is 0 Å². The van der Waals surface area contributed by atoms with E-state index in [0.717, 1.165) is 5.92 Å². The molecule has 0 aromatic rings. The van der Waals surface area contributed by atoms with Crippen LogP contribution in [-0.2, 0) is 0 Å². The van der Waals surface area contributed by atoms with Crippen LogP contribution in [-0.4, -0.2) is 25.0 Å². The van der Waals surface area contributed by atoms with E-state index in [4.69, 9.17) is 0 Å². The summed E-state index contributed by atoms with van der Waals surface area (Å²) >= 11 is 0. The summed E-state index contributed by atoms with van der Waals surface area (Å²) in [6, 6.07) is 0. The summed E-state index contributed by atoms with van der Waals surface area (Å²) in [6.07, 6.45) is 4.23. The maximum atomic E-state index is 2.43. The molecule has 0 aliphatic carbocycles. The highest BCUT2D eigenvalue weighted by Crippen LogP contribution is 2.14. The Kier molecular flexibility index (Phi) is 2.52. The van der Waals surface area contributed by atoms with Crippen molar-refractivity contribution in [2.45, 2.75) is 26.2 Å². The topological polar surface area (TPSA) is 3.24 Å². The second-order valence-corrected chi connectivity index (χ2v) is 3.34. The van der Waals surface area contributed by atoms with Gasteiger partial charge in [0.2, 0.25) is 0 Å². The molecule has 0 amide bonds. The van der Waals surface area contributed by atoms with E-state index in [-0.39, 0.29) is 0 Å². The smallest absolute Gasteiger partial charge is 0.00192 e. The van der Waals surface area contributed by atoms with Crippen molar-refractivity contribution in [3.63, 3.8) is 0 Å². The third-order valence-corrected chi connectivity index (χ3v) is 2.24. The van der Waals surface area contributed by atoms with Crippen LogP contribution >= 0.6 is 0 Å². The van der Waals surface area contributed by atoms with Gasteiger partial charge in [0.05, 0.1) is 0 Å². The first-order valence-electron chi connectivity index (χ1n) is 3.97. The molecule has 1 aliphatic rings. The van der Waals surface area contributed by atoms with Crippen LogP contribution in [0.4, 0.5) is 0 Å². The highest BCUT2D eigenvalue weighted by Gasteiger charge is 2.09. The predicted molar refractivity (Wildman–Crippen MR) is 40.5 cm³/mol. The fourth-order valence-corrected chi connectivity index (χ4v) is 1.41. The molecule has 1 saturated heterocycles. The molecule has 0 aromatic carbocycles. The van der Waals surface area contributed by atoms with Gasteiger partial charge in [0.25, 0.3) is 0 Å². The normalized spacial score (nSPS) is 32.0.